The van der Waals surface area contributed by atoms with E-state index in [-0.39, 0.29) is 18.4 Å². The summed E-state index contributed by atoms with van der Waals surface area (Å²) < 4.78 is 4.83. The van der Waals surface area contributed by atoms with Crippen LogP contribution >= 0.6 is 0 Å². The molecule has 5 heteroatoms. The van der Waals surface area contributed by atoms with Crippen LogP contribution in [0.1, 0.15) is 13.3 Å². The Kier molecular flexibility index (Phi) is 5.88. The van der Waals surface area contributed by atoms with E-state index in [1.54, 1.807) is 7.11 Å². The van der Waals surface area contributed by atoms with E-state index < -0.39 is 5.97 Å². The van der Waals surface area contributed by atoms with Crippen LogP contribution in [-0.4, -0.2) is 37.2 Å². The minimum atomic E-state index is -1.03. The monoisotopic (exact) mass is 189 g/mol. The van der Waals surface area contributed by atoms with Crippen LogP contribution in [0, 0.1) is 5.92 Å². The van der Waals surface area contributed by atoms with Gasteiger partial charge >= 0.3 is 5.97 Å². The first-order valence-corrected chi connectivity index (χ1v) is 4.03. The summed E-state index contributed by atoms with van der Waals surface area (Å²) in [5.74, 6) is -1.18. The minimum absolute atomic E-state index is 0.110. The number of carboxylic acid groups (broad SMARTS) is 1. The van der Waals surface area contributed by atoms with Crippen molar-refractivity contribution in [1.82, 2.24) is 5.32 Å². The number of methoxy groups -OCH3 is 1. The number of rotatable bonds is 6. The minimum Gasteiger partial charge on any atom is -0.480 e. The molecule has 0 bridgehead atoms. The molecular weight excluding hydrogens is 174 g/mol. The molecule has 5 nitrogen and oxygen atoms in total. The fraction of sp³-hybridized carbons (Fsp3) is 0.750. The van der Waals surface area contributed by atoms with Gasteiger partial charge in [-0.1, -0.05) is 6.92 Å². The predicted octanol–water partition coefficient (Wildman–Crippen LogP) is -0.140. The molecule has 13 heavy (non-hydrogen) atoms. The maximum absolute atomic E-state index is 11.0. The van der Waals surface area contributed by atoms with E-state index in [0.29, 0.717) is 13.0 Å². The summed E-state index contributed by atoms with van der Waals surface area (Å²) in [6.45, 7) is 2.04. The van der Waals surface area contributed by atoms with E-state index in [4.69, 9.17) is 9.84 Å². The molecule has 0 aliphatic carbocycles. The number of hydrogen-bond donors (Lipinski definition) is 2. The standard InChI is InChI=1S/C8H15NO4/c1-6(5-13-2)3-7(10)9-4-8(11)12/h6H,3-5H2,1-2H3,(H,9,10)(H,11,12). The zero-order valence-electron chi connectivity index (χ0n) is 7.87. The fourth-order valence-corrected chi connectivity index (χ4v) is 0.906. The third-order valence-electron chi connectivity index (χ3n) is 1.42. The third-order valence-corrected chi connectivity index (χ3v) is 1.42. The molecule has 1 amide bonds. The highest BCUT2D eigenvalue weighted by Gasteiger charge is 2.09. The maximum Gasteiger partial charge on any atom is 0.322 e. The van der Waals surface area contributed by atoms with Crippen molar-refractivity contribution in [2.45, 2.75) is 13.3 Å². The van der Waals surface area contributed by atoms with Crippen molar-refractivity contribution in [2.24, 2.45) is 5.92 Å². The fourth-order valence-electron chi connectivity index (χ4n) is 0.906. The lowest BCUT2D eigenvalue weighted by Crippen LogP contribution is -2.30. The van der Waals surface area contributed by atoms with Crippen molar-refractivity contribution >= 4 is 11.9 Å². The average Bonchev–Trinajstić information content (AvgIpc) is 2.01. The van der Waals surface area contributed by atoms with Gasteiger partial charge in [0.25, 0.3) is 0 Å². The molecule has 0 fully saturated rings. The Labute approximate surface area is 77.1 Å². The maximum atomic E-state index is 11.0. The van der Waals surface area contributed by atoms with Crippen LogP contribution < -0.4 is 5.32 Å². The topological polar surface area (TPSA) is 75.6 Å². The average molecular weight is 189 g/mol. The number of carbonyl (C=O) groups excluding carboxylic acids is 1. The number of nitrogens with one attached hydrogen (secondary N) is 1. The quantitative estimate of drug-likeness (QED) is 0.609. The lowest BCUT2D eigenvalue weighted by Gasteiger charge is -2.08. The molecule has 0 heterocycles. The Morgan fingerprint density at radius 2 is 2.15 bits per heavy atom. The smallest absolute Gasteiger partial charge is 0.322 e. The summed E-state index contributed by atoms with van der Waals surface area (Å²) >= 11 is 0. The van der Waals surface area contributed by atoms with Crippen LogP contribution in [0.3, 0.4) is 0 Å². The van der Waals surface area contributed by atoms with Gasteiger partial charge in [0.05, 0.1) is 0 Å². The van der Waals surface area contributed by atoms with Crippen molar-refractivity contribution in [2.75, 3.05) is 20.3 Å². The lowest BCUT2D eigenvalue weighted by molar-refractivity contribution is -0.138. The lowest BCUT2D eigenvalue weighted by atomic mass is 10.1. The number of ether oxygens (including phenoxy) is 1. The van der Waals surface area contributed by atoms with E-state index in [0.717, 1.165) is 0 Å². The van der Waals surface area contributed by atoms with Crippen molar-refractivity contribution in [3.63, 3.8) is 0 Å². The van der Waals surface area contributed by atoms with E-state index in [1.807, 2.05) is 6.92 Å². The first-order valence-electron chi connectivity index (χ1n) is 4.03. The summed E-state index contributed by atoms with van der Waals surface area (Å²) in [5.41, 5.74) is 0. The van der Waals surface area contributed by atoms with Gasteiger partial charge in [-0.05, 0) is 5.92 Å². The van der Waals surface area contributed by atoms with Crippen LogP contribution in [0.5, 0.6) is 0 Å². The molecule has 2 N–H and O–H groups in total. The van der Waals surface area contributed by atoms with Gasteiger partial charge in [-0.25, -0.2) is 0 Å². The highest BCUT2D eigenvalue weighted by atomic mass is 16.5. The van der Waals surface area contributed by atoms with Crippen LogP contribution in [-0.2, 0) is 14.3 Å². The zero-order valence-corrected chi connectivity index (χ0v) is 7.87. The SMILES string of the molecule is COCC(C)CC(=O)NCC(=O)O. The Bertz CT molecular complexity index is 181. The molecular formula is C8H15NO4. The highest BCUT2D eigenvalue weighted by Crippen LogP contribution is 2.00. The van der Waals surface area contributed by atoms with Crippen LogP contribution in [0.2, 0.25) is 0 Å². The van der Waals surface area contributed by atoms with Gasteiger partial charge in [-0.2, -0.15) is 0 Å². The van der Waals surface area contributed by atoms with Crippen LogP contribution in [0.25, 0.3) is 0 Å². The molecule has 0 rings (SSSR count). The van der Waals surface area contributed by atoms with E-state index in [2.05, 4.69) is 5.32 Å². The largest absolute Gasteiger partial charge is 0.480 e. The first kappa shape index (κ1) is 11.9. The van der Waals surface area contributed by atoms with E-state index >= 15 is 0 Å². The van der Waals surface area contributed by atoms with Crippen LogP contribution in [0.15, 0.2) is 0 Å². The van der Waals surface area contributed by atoms with Gasteiger partial charge in [0, 0.05) is 20.1 Å². The van der Waals surface area contributed by atoms with Crippen molar-refractivity contribution in [3.8, 4) is 0 Å². The number of amides is 1. The summed E-state index contributed by atoms with van der Waals surface area (Å²) in [5, 5.41) is 10.5. The zero-order chi connectivity index (χ0) is 10.3. The van der Waals surface area contributed by atoms with Gasteiger partial charge in [-0.15, -0.1) is 0 Å². The van der Waals surface area contributed by atoms with Crippen molar-refractivity contribution in [1.29, 1.82) is 0 Å². The molecule has 0 aromatic carbocycles. The summed E-state index contributed by atoms with van der Waals surface area (Å²) in [7, 11) is 1.56. The first-order chi connectivity index (χ1) is 6.06. The number of carbonyl (C=O) groups is 2. The normalized spacial score (nSPS) is 12.2. The second-order valence-corrected chi connectivity index (χ2v) is 2.94. The van der Waals surface area contributed by atoms with Gasteiger partial charge in [0.2, 0.25) is 5.91 Å². The summed E-state index contributed by atoms with van der Waals surface area (Å²) in [6, 6.07) is 0. The van der Waals surface area contributed by atoms with Gasteiger partial charge in [0.1, 0.15) is 6.54 Å². The van der Waals surface area contributed by atoms with Gasteiger partial charge in [-0.3, -0.25) is 9.59 Å². The Morgan fingerprint density at radius 1 is 1.54 bits per heavy atom. The molecule has 76 valence electrons. The van der Waals surface area contributed by atoms with E-state index in [9.17, 15) is 9.59 Å². The molecule has 0 aromatic rings. The number of hydrogen-bond acceptors (Lipinski definition) is 3. The third kappa shape index (κ3) is 7.27. The molecule has 0 saturated heterocycles. The molecule has 0 aliphatic rings. The molecule has 0 aliphatic heterocycles. The molecule has 0 radical (unpaired) electrons. The second-order valence-electron chi connectivity index (χ2n) is 2.94. The Balaban J connectivity index is 3.55. The molecule has 0 spiro atoms. The summed E-state index contributed by atoms with van der Waals surface area (Å²) in [4.78, 5) is 21.1. The van der Waals surface area contributed by atoms with Crippen LogP contribution in [0.4, 0.5) is 0 Å². The number of aliphatic carboxylic acids is 1. The number of carboxylic acids is 1. The van der Waals surface area contributed by atoms with Gasteiger partial charge < -0.3 is 15.2 Å². The molecule has 1 unspecified atom stereocenters. The molecule has 0 saturated carbocycles. The Hall–Kier alpha value is -1.10. The molecule has 1 atom stereocenters. The Morgan fingerprint density at radius 3 is 2.62 bits per heavy atom. The van der Waals surface area contributed by atoms with Crippen molar-refractivity contribution < 1.29 is 19.4 Å². The molecule has 0 aromatic heterocycles. The highest BCUT2D eigenvalue weighted by molar-refractivity contribution is 5.81. The van der Waals surface area contributed by atoms with E-state index in [1.165, 1.54) is 0 Å². The van der Waals surface area contributed by atoms with Gasteiger partial charge in [0.15, 0.2) is 0 Å². The van der Waals surface area contributed by atoms with Crippen molar-refractivity contribution in [3.05, 3.63) is 0 Å². The predicted molar refractivity (Wildman–Crippen MR) is 46.3 cm³/mol. The summed E-state index contributed by atoms with van der Waals surface area (Å²) in [6.07, 6.45) is 0.293. The second kappa shape index (κ2) is 6.42.